The highest BCUT2D eigenvalue weighted by molar-refractivity contribution is 7.89. The predicted molar refractivity (Wildman–Crippen MR) is 89.1 cm³/mol. The summed E-state index contributed by atoms with van der Waals surface area (Å²) in [5, 5.41) is 6.77. The average Bonchev–Trinajstić information content (AvgIpc) is 3.13. The molecule has 2 aromatic rings. The molecule has 0 spiro atoms. The molecule has 0 radical (unpaired) electrons. The maximum absolute atomic E-state index is 12.7. The molecule has 24 heavy (non-hydrogen) atoms. The fourth-order valence-electron chi connectivity index (χ4n) is 2.87. The van der Waals surface area contributed by atoms with E-state index >= 15 is 0 Å². The van der Waals surface area contributed by atoms with Gasteiger partial charge in [-0.25, -0.2) is 13.1 Å². The summed E-state index contributed by atoms with van der Waals surface area (Å²) in [5.41, 5.74) is 0.803. The van der Waals surface area contributed by atoms with Gasteiger partial charge < -0.3 is 5.32 Å². The van der Waals surface area contributed by atoms with Gasteiger partial charge in [0.1, 0.15) is 4.90 Å². The standard InChI is InChI=1S/C16H20N4O3S/c1-17-16(21)13-7-9-19(10-8-13)24(22,23)15-11-18-20(12-15)14-5-3-2-4-6-14/h2-6,11-13H,7-10H2,1H3,(H,17,21). The number of rotatable bonds is 4. The molecule has 0 aliphatic carbocycles. The molecular formula is C16H20N4O3S. The van der Waals surface area contributed by atoms with Crippen molar-refractivity contribution in [1.29, 1.82) is 0 Å². The number of piperidine rings is 1. The van der Waals surface area contributed by atoms with Crippen LogP contribution in [0.25, 0.3) is 5.69 Å². The number of carbonyl (C=O) groups is 1. The van der Waals surface area contributed by atoms with Crippen LogP contribution in [0, 0.1) is 5.92 Å². The molecule has 7 nitrogen and oxygen atoms in total. The second kappa shape index (κ2) is 6.74. The fourth-order valence-corrected chi connectivity index (χ4v) is 4.28. The summed E-state index contributed by atoms with van der Waals surface area (Å²) in [6.07, 6.45) is 3.96. The van der Waals surface area contributed by atoms with E-state index in [2.05, 4.69) is 10.4 Å². The van der Waals surface area contributed by atoms with Gasteiger partial charge in [0.25, 0.3) is 0 Å². The molecule has 1 saturated heterocycles. The number of para-hydroxylation sites is 1. The third kappa shape index (κ3) is 3.20. The van der Waals surface area contributed by atoms with Gasteiger partial charge in [-0.2, -0.15) is 9.40 Å². The van der Waals surface area contributed by atoms with Crippen LogP contribution in [-0.4, -0.2) is 48.5 Å². The van der Waals surface area contributed by atoms with E-state index in [-0.39, 0.29) is 16.7 Å². The van der Waals surface area contributed by atoms with Gasteiger partial charge in [-0.15, -0.1) is 0 Å². The largest absolute Gasteiger partial charge is 0.359 e. The van der Waals surface area contributed by atoms with E-state index in [0.29, 0.717) is 25.9 Å². The molecule has 0 unspecified atom stereocenters. The maximum atomic E-state index is 12.7. The van der Waals surface area contributed by atoms with Gasteiger partial charge >= 0.3 is 0 Å². The smallest absolute Gasteiger partial charge is 0.246 e. The molecule has 2 heterocycles. The van der Waals surface area contributed by atoms with Gasteiger partial charge in [-0.1, -0.05) is 18.2 Å². The Morgan fingerprint density at radius 3 is 2.50 bits per heavy atom. The van der Waals surface area contributed by atoms with Gasteiger partial charge in [0.05, 0.1) is 18.1 Å². The van der Waals surface area contributed by atoms with Gasteiger partial charge in [-0.05, 0) is 25.0 Å². The lowest BCUT2D eigenvalue weighted by molar-refractivity contribution is -0.125. The van der Waals surface area contributed by atoms with Crippen LogP contribution in [0.2, 0.25) is 0 Å². The lowest BCUT2D eigenvalue weighted by Gasteiger charge is -2.29. The van der Waals surface area contributed by atoms with Crippen molar-refractivity contribution < 1.29 is 13.2 Å². The summed E-state index contributed by atoms with van der Waals surface area (Å²) in [7, 11) is -1.99. The Balaban J connectivity index is 1.75. The number of nitrogens with one attached hydrogen (secondary N) is 1. The number of nitrogens with zero attached hydrogens (tertiary/aromatic N) is 3. The Hall–Kier alpha value is -2.19. The monoisotopic (exact) mass is 348 g/mol. The summed E-state index contributed by atoms with van der Waals surface area (Å²) in [6.45, 7) is 0.688. The van der Waals surface area contributed by atoms with Crippen molar-refractivity contribution >= 4 is 15.9 Å². The first-order valence-corrected chi connectivity index (χ1v) is 9.28. The average molecular weight is 348 g/mol. The van der Waals surface area contributed by atoms with Crippen LogP contribution in [0.3, 0.4) is 0 Å². The van der Waals surface area contributed by atoms with E-state index in [4.69, 9.17) is 0 Å². The zero-order valence-corrected chi connectivity index (χ0v) is 14.2. The Morgan fingerprint density at radius 2 is 1.88 bits per heavy atom. The van der Waals surface area contributed by atoms with E-state index in [9.17, 15) is 13.2 Å². The minimum atomic E-state index is -3.59. The minimum Gasteiger partial charge on any atom is -0.359 e. The number of aromatic nitrogens is 2. The minimum absolute atomic E-state index is 0.0241. The van der Waals surface area contributed by atoms with E-state index in [1.54, 1.807) is 11.7 Å². The summed E-state index contributed by atoms with van der Waals surface area (Å²) in [6, 6.07) is 9.35. The summed E-state index contributed by atoms with van der Waals surface area (Å²) in [5.74, 6) is -0.141. The molecule has 0 bridgehead atoms. The lowest BCUT2D eigenvalue weighted by Crippen LogP contribution is -2.42. The van der Waals surface area contributed by atoms with E-state index < -0.39 is 10.0 Å². The molecule has 128 valence electrons. The topological polar surface area (TPSA) is 84.3 Å². The van der Waals surface area contributed by atoms with Crippen LogP contribution in [0.1, 0.15) is 12.8 Å². The first-order valence-electron chi connectivity index (χ1n) is 7.84. The van der Waals surface area contributed by atoms with Gasteiger partial charge in [0, 0.05) is 26.1 Å². The van der Waals surface area contributed by atoms with Crippen LogP contribution in [-0.2, 0) is 14.8 Å². The molecule has 1 aromatic heterocycles. The van der Waals surface area contributed by atoms with Crippen molar-refractivity contribution in [2.45, 2.75) is 17.7 Å². The molecular weight excluding hydrogens is 328 g/mol. The van der Waals surface area contributed by atoms with Crippen molar-refractivity contribution in [3.8, 4) is 5.69 Å². The highest BCUT2D eigenvalue weighted by Crippen LogP contribution is 2.24. The number of sulfonamides is 1. The molecule has 0 saturated carbocycles. The Morgan fingerprint density at radius 1 is 1.21 bits per heavy atom. The summed E-state index contributed by atoms with van der Waals surface area (Å²) < 4.78 is 28.5. The van der Waals surface area contributed by atoms with Gasteiger partial charge in [0.15, 0.2) is 0 Å². The zero-order valence-electron chi connectivity index (χ0n) is 13.4. The van der Waals surface area contributed by atoms with Crippen molar-refractivity contribution in [2.24, 2.45) is 5.92 Å². The number of carbonyl (C=O) groups excluding carboxylic acids is 1. The summed E-state index contributed by atoms with van der Waals surface area (Å²) >= 11 is 0. The quantitative estimate of drug-likeness (QED) is 0.894. The van der Waals surface area contributed by atoms with Gasteiger partial charge in [-0.3, -0.25) is 4.79 Å². The van der Waals surface area contributed by atoms with Crippen molar-refractivity contribution in [1.82, 2.24) is 19.4 Å². The van der Waals surface area contributed by atoms with Crippen LogP contribution < -0.4 is 5.32 Å². The molecule has 0 atom stereocenters. The second-order valence-electron chi connectivity index (χ2n) is 5.75. The predicted octanol–water partition coefficient (Wildman–Crippen LogP) is 1.02. The second-order valence-corrected chi connectivity index (χ2v) is 7.69. The van der Waals surface area contributed by atoms with Gasteiger partial charge in [0.2, 0.25) is 15.9 Å². The third-order valence-corrected chi connectivity index (χ3v) is 6.14. The van der Waals surface area contributed by atoms with Crippen LogP contribution >= 0.6 is 0 Å². The Kier molecular flexibility index (Phi) is 4.68. The first kappa shape index (κ1) is 16.7. The molecule has 3 rings (SSSR count). The van der Waals surface area contributed by atoms with Crippen LogP contribution in [0.15, 0.2) is 47.6 Å². The SMILES string of the molecule is CNC(=O)C1CCN(S(=O)(=O)c2cnn(-c3ccccc3)c2)CC1. The Bertz CT molecular complexity index is 809. The van der Waals surface area contributed by atoms with Crippen LogP contribution in [0.4, 0.5) is 0 Å². The van der Waals surface area contributed by atoms with Crippen molar-refractivity contribution in [3.05, 3.63) is 42.7 Å². The number of hydrogen-bond acceptors (Lipinski definition) is 4. The normalized spacial score (nSPS) is 16.9. The highest BCUT2D eigenvalue weighted by atomic mass is 32.2. The molecule has 1 N–H and O–H groups in total. The molecule has 1 fully saturated rings. The van der Waals surface area contributed by atoms with Crippen molar-refractivity contribution in [2.75, 3.05) is 20.1 Å². The molecule has 1 amide bonds. The molecule has 1 aliphatic rings. The molecule has 8 heteroatoms. The Labute approximate surface area is 141 Å². The first-order chi connectivity index (χ1) is 11.5. The van der Waals surface area contributed by atoms with Crippen molar-refractivity contribution in [3.63, 3.8) is 0 Å². The maximum Gasteiger partial charge on any atom is 0.246 e. The molecule has 1 aromatic carbocycles. The number of amides is 1. The molecule has 1 aliphatic heterocycles. The van der Waals surface area contributed by atoms with E-state index in [0.717, 1.165) is 5.69 Å². The van der Waals surface area contributed by atoms with E-state index in [1.165, 1.54) is 16.7 Å². The number of hydrogen-bond donors (Lipinski definition) is 1. The third-order valence-electron chi connectivity index (χ3n) is 4.29. The number of benzene rings is 1. The lowest BCUT2D eigenvalue weighted by atomic mass is 9.97. The zero-order chi connectivity index (χ0) is 17.2. The summed E-state index contributed by atoms with van der Waals surface area (Å²) in [4.78, 5) is 11.8. The fraction of sp³-hybridized carbons (Fsp3) is 0.375. The van der Waals surface area contributed by atoms with Crippen LogP contribution in [0.5, 0.6) is 0 Å². The van der Waals surface area contributed by atoms with E-state index in [1.807, 2.05) is 30.3 Å². The highest BCUT2D eigenvalue weighted by Gasteiger charge is 2.32.